The summed E-state index contributed by atoms with van der Waals surface area (Å²) in [7, 11) is -2.58. The van der Waals surface area contributed by atoms with Crippen molar-refractivity contribution in [3.8, 4) is 17.3 Å². The minimum absolute atomic E-state index is 0.00389. The molecule has 1 amide bonds. The molecular formula is C17H14N4O4S2. The molecule has 0 bridgehead atoms. The molecule has 3 rings (SSSR count). The number of hydrogen-bond donors (Lipinski definition) is 1. The lowest BCUT2D eigenvalue weighted by Gasteiger charge is -2.11. The van der Waals surface area contributed by atoms with E-state index in [-0.39, 0.29) is 11.4 Å². The molecule has 0 fully saturated rings. The number of amides is 1. The van der Waals surface area contributed by atoms with Gasteiger partial charge in [0.05, 0.1) is 17.8 Å². The predicted octanol–water partition coefficient (Wildman–Crippen LogP) is 2.83. The number of rotatable bonds is 5. The van der Waals surface area contributed by atoms with Gasteiger partial charge in [0.2, 0.25) is 0 Å². The lowest BCUT2D eigenvalue weighted by Crippen LogP contribution is -2.23. The lowest BCUT2D eigenvalue weighted by molar-refractivity contribution is 0.154. The third-order valence-corrected chi connectivity index (χ3v) is 6.24. The van der Waals surface area contributed by atoms with Crippen molar-refractivity contribution < 1.29 is 18.3 Å². The molecule has 3 heterocycles. The number of carboxylic acid groups (broad SMARTS) is 1. The molecule has 27 heavy (non-hydrogen) atoms. The van der Waals surface area contributed by atoms with Crippen LogP contribution in [0.2, 0.25) is 0 Å². The maximum atomic E-state index is 13.1. The van der Waals surface area contributed by atoms with Crippen LogP contribution in [0.5, 0.6) is 0 Å². The molecule has 0 saturated heterocycles. The maximum Gasteiger partial charge on any atom is 0.407 e. The van der Waals surface area contributed by atoms with Gasteiger partial charge >= 0.3 is 6.09 Å². The summed E-state index contributed by atoms with van der Waals surface area (Å²) in [5, 5.41) is 21.7. The molecule has 0 aliphatic carbocycles. The average molecular weight is 402 g/mol. The zero-order chi connectivity index (χ0) is 19.6. The Balaban J connectivity index is 2.18. The zero-order valence-electron chi connectivity index (χ0n) is 14.1. The third-order valence-electron chi connectivity index (χ3n) is 3.84. The van der Waals surface area contributed by atoms with Crippen LogP contribution in [-0.4, -0.2) is 40.5 Å². The number of nitriles is 1. The second-order valence-corrected chi connectivity index (χ2v) is 8.23. The summed E-state index contributed by atoms with van der Waals surface area (Å²) in [5.41, 5.74) is 1.60. The summed E-state index contributed by atoms with van der Waals surface area (Å²) in [6, 6.07) is 6.56. The van der Waals surface area contributed by atoms with Gasteiger partial charge in [0.15, 0.2) is 0 Å². The van der Waals surface area contributed by atoms with E-state index < -0.39 is 16.1 Å². The SMILES string of the molecule is CN(Cc1cc(-c2cscc2C#N)n(S(=O)(=O)c2cccnc2)c1)C(=O)O. The van der Waals surface area contributed by atoms with E-state index in [1.165, 1.54) is 49.1 Å². The summed E-state index contributed by atoms with van der Waals surface area (Å²) in [5.74, 6) is 0. The first kappa shape index (κ1) is 18.6. The fraction of sp³-hybridized carbons (Fsp3) is 0.118. The van der Waals surface area contributed by atoms with E-state index in [0.29, 0.717) is 22.4 Å². The largest absolute Gasteiger partial charge is 0.465 e. The number of nitrogens with zero attached hydrogens (tertiary/aromatic N) is 4. The van der Waals surface area contributed by atoms with Gasteiger partial charge in [-0.05, 0) is 23.8 Å². The molecule has 10 heteroatoms. The molecule has 0 unspecified atom stereocenters. The Morgan fingerprint density at radius 2 is 2.22 bits per heavy atom. The molecule has 0 aromatic carbocycles. The molecule has 0 radical (unpaired) electrons. The van der Waals surface area contributed by atoms with E-state index in [1.807, 2.05) is 6.07 Å². The molecule has 0 spiro atoms. The van der Waals surface area contributed by atoms with Crippen molar-refractivity contribution in [2.75, 3.05) is 7.05 Å². The van der Waals surface area contributed by atoms with Crippen molar-refractivity contribution in [1.29, 1.82) is 5.26 Å². The summed E-state index contributed by atoms with van der Waals surface area (Å²) < 4.78 is 27.3. The van der Waals surface area contributed by atoms with Crippen LogP contribution in [0.4, 0.5) is 4.79 Å². The van der Waals surface area contributed by atoms with Crippen molar-refractivity contribution in [3.63, 3.8) is 0 Å². The van der Waals surface area contributed by atoms with Crippen molar-refractivity contribution in [1.82, 2.24) is 13.9 Å². The van der Waals surface area contributed by atoms with Gasteiger partial charge < -0.3 is 10.0 Å². The zero-order valence-corrected chi connectivity index (χ0v) is 15.7. The molecule has 3 aromatic heterocycles. The topological polar surface area (TPSA) is 116 Å². The monoisotopic (exact) mass is 402 g/mol. The number of aromatic nitrogens is 2. The van der Waals surface area contributed by atoms with Crippen molar-refractivity contribution in [3.05, 3.63) is 58.7 Å². The first-order chi connectivity index (χ1) is 12.8. The molecule has 1 N–H and O–H groups in total. The highest BCUT2D eigenvalue weighted by atomic mass is 32.2. The molecule has 0 saturated carbocycles. The van der Waals surface area contributed by atoms with E-state index in [2.05, 4.69) is 4.98 Å². The smallest absolute Gasteiger partial charge is 0.407 e. The van der Waals surface area contributed by atoms with E-state index >= 15 is 0 Å². The van der Waals surface area contributed by atoms with E-state index in [1.54, 1.807) is 16.8 Å². The van der Waals surface area contributed by atoms with Crippen LogP contribution < -0.4 is 0 Å². The Kier molecular flexibility index (Phi) is 4.98. The Labute approximate surface area is 159 Å². The minimum Gasteiger partial charge on any atom is -0.465 e. The fourth-order valence-corrected chi connectivity index (χ4v) is 4.64. The Bertz CT molecular complexity index is 1130. The van der Waals surface area contributed by atoms with Gasteiger partial charge in [-0.25, -0.2) is 17.2 Å². The number of carbonyl (C=O) groups is 1. The highest BCUT2D eigenvalue weighted by Crippen LogP contribution is 2.31. The first-order valence-corrected chi connectivity index (χ1v) is 10.0. The molecule has 138 valence electrons. The van der Waals surface area contributed by atoms with Gasteiger partial charge in [0.25, 0.3) is 10.0 Å². The van der Waals surface area contributed by atoms with Crippen molar-refractivity contribution in [2.45, 2.75) is 11.4 Å². The average Bonchev–Trinajstić information content (AvgIpc) is 3.28. The van der Waals surface area contributed by atoms with Crippen molar-refractivity contribution in [2.24, 2.45) is 0 Å². The van der Waals surface area contributed by atoms with Gasteiger partial charge in [0, 0.05) is 42.0 Å². The maximum absolute atomic E-state index is 13.1. The highest BCUT2D eigenvalue weighted by Gasteiger charge is 2.24. The lowest BCUT2D eigenvalue weighted by atomic mass is 10.1. The Hall–Kier alpha value is -3.16. The summed E-state index contributed by atoms with van der Waals surface area (Å²) in [6.07, 6.45) is 2.94. The van der Waals surface area contributed by atoms with Gasteiger partial charge in [-0.15, -0.1) is 0 Å². The second kappa shape index (κ2) is 7.22. The molecule has 0 aliphatic rings. The molecule has 3 aromatic rings. The van der Waals surface area contributed by atoms with Crippen LogP contribution in [0.1, 0.15) is 11.1 Å². The third kappa shape index (κ3) is 3.55. The standard InChI is InChI=1S/C17H14N4O4S2/c1-20(17(22)23)8-12-5-16(15-11-26-10-13(15)6-18)21(9-12)27(24,25)14-3-2-4-19-7-14/h2-5,7,9-11H,8H2,1H3,(H,22,23). The van der Waals surface area contributed by atoms with Gasteiger partial charge in [-0.2, -0.15) is 16.6 Å². The van der Waals surface area contributed by atoms with Crippen LogP contribution >= 0.6 is 11.3 Å². The molecular weight excluding hydrogens is 388 g/mol. The Morgan fingerprint density at radius 3 is 2.85 bits per heavy atom. The van der Waals surface area contributed by atoms with Crippen molar-refractivity contribution >= 4 is 27.5 Å². The van der Waals surface area contributed by atoms with Crippen LogP contribution in [0, 0.1) is 11.3 Å². The summed E-state index contributed by atoms with van der Waals surface area (Å²) >= 11 is 1.28. The van der Waals surface area contributed by atoms with Crippen LogP contribution in [0.15, 0.2) is 52.4 Å². The van der Waals surface area contributed by atoms with Gasteiger partial charge in [0.1, 0.15) is 11.0 Å². The number of pyridine rings is 1. The number of thiophene rings is 1. The fourth-order valence-electron chi connectivity index (χ4n) is 2.52. The summed E-state index contributed by atoms with van der Waals surface area (Å²) in [6.45, 7) is 0.00389. The van der Waals surface area contributed by atoms with E-state index in [9.17, 15) is 18.5 Å². The van der Waals surface area contributed by atoms with E-state index in [0.717, 1.165) is 8.87 Å². The van der Waals surface area contributed by atoms with Crippen LogP contribution in [-0.2, 0) is 16.6 Å². The normalized spacial score (nSPS) is 11.1. The quantitative estimate of drug-likeness (QED) is 0.701. The molecule has 0 atom stereocenters. The van der Waals surface area contributed by atoms with Crippen LogP contribution in [0.25, 0.3) is 11.3 Å². The number of hydrogen-bond acceptors (Lipinski definition) is 6. The van der Waals surface area contributed by atoms with Gasteiger partial charge in [-0.1, -0.05) is 0 Å². The highest BCUT2D eigenvalue weighted by molar-refractivity contribution is 7.90. The van der Waals surface area contributed by atoms with Crippen LogP contribution in [0.3, 0.4) is 0 Å². The predicted molar refractivity (Wildman–Crippen MR) is 98.8 cm³/mol. The van der Waals surface area contributed by atoms with E-state index in [4.69, 9.17) is 5.11 Å². The summed E-state index contributed by atoms with van der Waals surface area (Å²) in [4.78, 5) is 16.0. The Morgan fingerprint density at radius 1 is 1.44 bits per heavy atom. The second-order valence-electron chi connectivity index (χ2n) is 5.67. The van der Waals surface area contributed by atoms with Gasteiger partial charge in [-0.3, -0.25) is 4.98 Å². The minimum atomic E-state index is -3.97. The first-order valence-electron chi connectivity index (χ1n) is 7.62. The molecule has 0 aliphatic heterocycles. The molecule has 8 nitrogen and oxygen atoms in total.